The fourth-order valence-electron chi connectivity index (χ4n) is 7.80. The first-order valence-electron chi connectivity index (χ1n) is 21.3. The van der Waals surface area contributed by atoms with Gasteiger partial charge < -0.3 is 31.1 Å². The molecule has 57 heavy (non-hydrogen) atoms. The third-order valence-electron chi connectivity index (χ3n) is 11.2. The van der Waals surface area contributed by atoms with Gasteiger partial charge in [0.05, 0.1) is 31.6 Å². The molecule has 2 fully saturated rings. The van der Waals surface area contributed by atoms with Crippen molar-refractivity contribution in [3.05, 3.63) is 53.5 Å². The third kappa shape index (κ3) is 13.1. The monoisotopic (exact) mass is 790 g/mol. The number of hydrogen-bond acceptors (Lipinski definition) is 12. The minimum Gasteiger partial charge on any atom is -0.496 e. The number of amides is 2. The van der Waals surface area contributed by atoms with Crippen LogP contribution in [0.15, 0.2) is 42.4 Å². The third-order valence-corrected chi connectivity index (χ3v) is 11.2. The smallest absolute Gasteiger partial charge is 0.233 e. The number of carbonyl (C=O) groups excluding carboxylic acids is 2. The van der Waals surface area contributed by atoms with Crippen molar-refractivity contribution in [1.29, 1.82) is 0 Å². The van der Waals surface area contributed by atoms with Crippen LogP contribution in [0.3, 0.4) is 0 Å². The molecule has 5 rings (SSSR count). The van der Waals surface area contributed by atoms with E-state index in [0.717, 1.165) is 106 Å². The maximum atomic E-state index is 12.9. The first-order chi connectivity index (χ1) is 27.5. The Morgan fingerprint density at radius 1 is 0.965 bits per heavy atom. The number of nitrogens with two attached hydrogens (primary N) is 3. The van der Waals surface area contributed by atoms with Crippen LogP contribution >= 0.6 is 0 Å². The van der Waals surface area contributed by atoms with Gasteiger partial charge in [-0.05, 0) is 30.0 Å². The van der Waals surface area contributed by atoms with Gasteiger partial charge in [0.1, 0.15) is 11.3 Å². The fourth-order valence-corrected chi connectivity index (χ4v) is 7.80. The summed E-state index contributed by atoms with van der Waals surface area (Å²) in [5, 5.41) is 5.03. The summed E-state index contributed by atoms with van der Waals surface area (Å²) >= 11 is 0. The van der Waals surface area contributed by atoms with E-state index in [4.69, 9.17) is 22.0 Å². The first kappa shape index (κ1) is 45.3. The van der Waals surface area contributed by atoms with Crippen LogP contribution in [0.25, 0.3) is 11.0 Å². The lowest BCUT2D eigenvalue weighted by molar-refractivity contribution is -0.139. The van der Waals surface area contributed by atoms with Gasteiger partial charge in [-0.3, -0.25) is 24.3 Å². The van der Waals surface area contributed by atoms with E-state index in [0.29, 0.717) is 18.8 Å². The van der Waals surface area contributed by atoms with Crippen LogP contribution in [-0.4, -0.2) is 106 Å². The van der Waals surface area contributed by atoms with Crippen molar-refractivity contribution in [2.45, 2.75) is 105 Å². The summed E-state index contributed by atoms with van der Waals surface area (Å²) in [6, 6.07) is 8.46. The number of nitrogens with one attached hydrogen (secondary N) is 1. The largest absolute Gasteiger partial charge is 0.496 e. The average molecular weight is 790 g/mol. The highest BCUT2D eigenvalue weighted by atomic mass is 16.5. The number of unbranched alkanes of at least 4 members (excludes halogenated alkanes) is 4. The van der Waals surface area contributed by atoms with Crippen LogP contribution in [-0.2, 0) is 22.7 Å². The Balaban J connectivity index is 0.00000135. The van der Waals surface area contributed by atoms with Crippen LogP contribution in [0.5, 0.6) is 5.75 Å². The van der Waals surface area contributed by atoms with E-state index in [9.17, 15) is 9.59 Å². The number of ether oxygens (including phenoxy) is 1. The Morgan fingerprint density at radius 2 is 1.67 bits per heavy atom. The van der Waals surface area contributed by atoms with Crippen LogP contribution in [0.4, 0.5) is 11.8 Å². The van der Waals surface area contributed by atoms with Crippen LogP contribution < -0.4 is 27.4 Å². The topological polar surface area (TPSA) is 177 Å². The summed E-state index contributed by atoms with van der Waals surface area (Å²) in [5.74, 6) is 7.85. The van der Waals surface area contributed by atoms with Gasteiger partial charge in [-0.1, -0.05) is 91.7 Å². The van der Waals surface area contributed by atoms with Crippen molar-refractivity contribution in [3.8, 4) is 5.75 Å². The molecule has 2 amide bonds. The molecule has 0 bridgehead atoms. The van der Waals surface area contributed by atoms with Gasteiger partial charge in [0, 0.05) is 82.4 Å². The Hall–Kier alpha value is -4.40. The zero-order valence-electron chi connectivity index (χ0n) is 35.6. The molecule has 14 heteroatoms. The molecule has 0 spiro atoms. The molecule has 0 radical (unpaired) electrons. The Morgan fingerprint density at radius 3 is 2.32 bits per heavy atom. The number of imide groups is 1. The molecule has 14 nitrogen and oxygen atoms in total. The second-order valence-electron chi connectivity index (χ2n) is 15.5. The normalized spacial score (nSPS) is 16.7. The predicted molar refractivity (Wildman–Crippen MR) is 231 cm³/mol. The number of anilines is 2. The number of methoxy groups -OCH3 is 1. The van der Waals surface area contributed by atoms with E-state index in [-0.39, 0.29) is 42.6 Å². The maximum Gasteiger partial charge on any atom is 0.233 e. The lowest BCUT2D eigenvalue weighted by Crippen LogP contribution is -2.48. The highest BCUT2D eigenvalue weighted by Crippen LogP contribution is 2.31. The number of piperazine rings is 1. The van der Waals surface area contributed by atoms with Crippen molar-refractivity contribution >= 4 is 34.6 Å². The number of rotatable bonds is 21. The molecule has 316 valence electrons. The molecule has 1 unspecified atom stereocenters. The molecule has 2 aromatic heterocycles. The molecular weight excluding hydrogens is 719 g/mol. The van der Waals surface area contributed by atoms with Crippen LogP contribution in [0.2, 0.25) is 0 Å². The number of likely N-dealkylation sites (tertiary alicyclic amines) is 1. The number of aromatic nitrogens is 3. The number of benzene rings is 1. The molecule has 0 aliphatic carbocycles. The lowest BCUT2D eigenvalue weighted by atomic mass is 9.87. The van der Waals surface area contributed by atoms with E-state index in [1.54, 1.807) is 18.3 Å². The van der Waals surface area contributed by atoms with Crippen molar-refractivity contribution in [3.63, 3.8) is 0 Å². The second kappa shape index (κ2) is 23.1. The SMILES string of the molecule is CCCCC.CCCCCNc1nc(N)nc2ccn(Cc3ccc(CN4CCN(CCN(N)/C=C(\N)CN5C(=O)CC(C(CC)CC)C5=O)CC4)cc3OC)c12. The zero-order chi connectivity index (χ0) is 41.3. The molecule has 0 saturated carbocycles. The zero-order valence-corrected chi connectivity index (χ0v) is 35.6. The summed E-state index contributed by atoms with van der Waals surface area (Å²) in [6.45, 7) is 18.2. The van der Waals surface area contributed by atoms with Gasteiger partial charge in [-0.15, -0.1) is 0 Å². The number of carbonyl (C=O) groups is 2. The number of hydrazine groups is 1. The van der Waals surface area contributed by atoms with E-state index in [1.165, 1.54) is 29.7 Å². The molecule has 3 aromatic rings. The summed E-state index contributed by atoms with van der Waals surface area (Å²) in [5.41, 5.74) is 16.7. The van der Waals surface area contributed by atoms with Crippen molar-refractivity contribution in [1.82, 2.24) is 34.2 Å². The Kier molecular flexibility index (Phi) is 18.4. The number of nitrogens with zero attached hydrogens (tertiary/aromatic N) is 7. The van der Waals surface area contributed by atoms with Crippen molar-refractivity contribution in [2.75, 3.05) is 70.5 Å². The van der Waals surface area contributed by atoms with Gasteiger partial charge in [0.15, 0.2) is 5.82 Å². The van der Waals surface area contributed by atoms with Gasteiger partial charge in [-0.25, -0.2) is 10.8 Å². The first-order valence-corrected chi connectivity index (χ1v) is 21.3. The molecular formula is C43H71N11O3. The van der Waals surface area contributed by atoms with Crippen LogP contribution in [0.1, 0.15) is 104 Å². The molecule has 2 saturated heterocycles. The predicted octanol–water partition coefficient (Wildman–Crippen LogP) is 5.77. The van der Waals surface area contributed by atoms with Crippen molar-refractivity contribution in [2.24, 2.45) is 23.4 Å². The van der Waals surface area contributed by atoms with Crippen molar-refractivity contribution < 1.29 is 14.3 Å². The molecule has 2 aliphatic rings. The average Bonchev–Trinajstić information content (AvgIpc) is 3.73. The van der Waals surface area contributed by atoms with E-state index in [2.05, 4.69) is 82.5 Å². The standard InChI is InChI=1S/C38H59N11O3.C5H12/c1-5-8-9-13-42-36-35-32(43-38(40)44-36)12-14-47(35)24-29-11-10-27(21-33(29)52-4)23-46-17-15-45(16-18-46)19-20-48(41)25-30(39)26-49-34(50)22-31(37(49)51)28(6-2)7-3;1-3-5-4-2/h10-12,14,21,25,28,31H,5-9,13,15-20,22-24,26,39,41H2,1-4H3,(H3,40,42,43,44);3-5H2,1-2H3/b30-25-;. The van der Waals surface area contributed by atoms with Gasteiger partial charge in [0.2, 0.25) is 17.8 Å². The van der Waals surface area contributed by atoms with E-state index < -0.39 is 0 Å². The Labute approximate surface area is 341 Å². The minimum absolute atomic E-state index is 0.0812. The number of fused-ring (bicyclic) bond motifs is 1. The molecule has 1 atom stereocenters. The summed E-state index contributed by atoms with van der Waals surface area (Å²) in [6.07, 6.45) is 13.2. The molecule has 2 aliphatic heterocycles. The number of hydrogen-bond donors (Lipinski definition) is 4. The molecule has 7 N–H and O–H groups in total. The highest BCUT2D eigenvalue weighted by Gasteiger charge is 2.41. The van der Waals surface area contributed by atoms with E-state index in [1.807, 2.05) is 12.3 Å². The lowest BCUT2D eigenvalue weighted by Gasteiger charge is -2.35. The summed E-state index contributed by atoms with van der Waals surface area (Å²) < 4.78 is 8.03. The van der Waals surface area contributed by atoms with Gasteiger partial charge in [0.25, 0.3) is 0 Å². The van der Waals surface area contributed by atoms with E-state index >= 15 is 0 Å². The Bertz CT molecular complexity index is 1730. The van der Waals surface area contributed by atoms with Crippen LogP contribution in [0, 0.1) is 11.8 Å². The summed E-state index contributed by atoms with van der Waals surface area (Å²) in [4.78, 5) is 40.6. The van der Waals surface area contributed by atoms with Gasteiger partial charge >= 0.3 is 0 Å². The number of nitrogen functional groups attached to an aromatic ring is 1. The maximum absolute atomic E-state index is 12.9. The molecule has 1 aromatic carbocycles. The second-order valence-corrected chi connectivity index (χ2v) is 15.5. The molecule has 4 heterocycles. The highest BCUT2D eigenvalue weighted by molar-refractivity contribution is 6.03. The fraction of sp³-hybridized carbons (Fsp3) is 0.628. The van der Waals surface area contributed by atoms with Gasteiger partial charge in [-0.2, -0.15) is 4.98 Å². The minimum atomic E-state index is -0.242. The quantitative estimate of drug-likeness (QED) is 0.0444. The summed E-state index contributed by atoms with van der Waals surface area (Å²) in [7, 11) is 1.72.